The lowest BCUT2D eigenvalue weighted by Crippen LogP contribution is -2.52. The molecule has 0 aromatic heterocycles. The lowest BCUT2D eigenvalue weighted by molar-refractivity contribution is -0.151. The topological polar surface area (TPSA) is 67.4 Å². The van der Waals surface area contributed by atoms with Gasteiger partial charge in [0.2, 0.25) is 5.91 Å². The lowest BCUT2D eigenvalue weighted by atomic mass is 10.1. The standard InChI is InChI=1S/C12H22N2O3/c1-4-17-11(16)12(2,3)14-10(15)8-13-7-9-5-6-9/h9,13H,4-8H2,1-3H3,(H,14,15). The van der Waals surface area contributed by atoms with Gasteiger partial charge >= 0.3 is 5.97 Å². The molecule has 5 heteroatoms. The smallest absolute Gasteiger partial charge is 0.331 e. The summed E-state index contributed by atoms with van der Waals surface area (Å²) in [4.78, 5) is 23.1. The predicted molar refractivity (Wildman–Crippen MR) is 64.4 cm³/mol. The van der Waals surface area contributed by atoms with Gasteiger partial charge in [-0.2, -0.15) is 0 Å². The minimum absolute atomic E-state index is 0.177. The molecule has 0 heterocycles. The van der Waals surface area contributed by atoms with E-state index >= 15 is 0 Å². The van der Waals surface area contributed by atoms with Crippen LogP contribution in [0.2, 0.25) is 0 Å². The number of hydrogen-bond donors (Lipinski definition) is 2. The van der Waals surface area contributed by atoms with Crippen molar-refractivity contribution in [2.75, 3.05) is 19.7 Å². The Morgan fingerprint density at radius 1 is 1.35 bits per heavy atom. The van der Waals surface area contributed by atoms with E-state index in [9.17, 15) is 9.59 Å². The first-order valence-corrected chi connectivity index (χ1v) is 6.14. The van der Waals surface area contributed by atoms with Gasteiger partial charge in [0, 0.05) is 0 Å². The number of ether oxygens (including phenoxy) is 1. The van der Waals surface area contributed by atoms with E-state index in [4.69, 9.17) is 4.74 Å². The van der Waals surface area contributed by atoms with E-state index in [1.807, 2.05) is 0 Å². The summed E-state index contributed by atoms with van der Waals surface area (Å²) in [5.41, 5.74) is -0.964. The molecular weight excluding hydrogens is 220 g/mol. The van der Waals surface area contributed by atoms with Crippen LogP contribution < -0.4 is 10.6 Å². The number of hydrogen-bond acceptors (Lipinski definition) is 4. The van der Waals surface area contributed by atoms with Crippen molar-refractivity contribution in [3.8, 4) is 0 Å². The van der Waals surface area contributed by atoms with Crippen molar-refractivity contribution in [2.45, 2.75) is 39.2 Å². The van der Waals surface area contributed by atoms with Crippen molar-refractivity contribution in [3.05, 3.63) is 0 Å². The summed E-state index contributed by atoms with van der Waals surface area (Å²) < 4.78 is 4.89. The van der Waals surface area contributed by atoms with Crippen LogP contribution in [-0.4, -0.2) is 37.1 Å². The molecule has 1 aliphatic carbocycles. The first kappa shape index (κ1) is 14.0. The highest BCUT2D eigenvalue weighted by atomic mass is 16.5. The molecule has 1 aliphatic rings. The van der Waals surface area contributed by atoms with Crippen LogP contribution in [0.5, 0.6) is 0 Å². The molecule has 0 saturated heterocycles. The molecule has 1 fully saturated rings. The quantitative estimate of drug-likeness (QED) is 0.636. The van der Waals surface area contributed by atoms with Crippen LogP contribution in [0.25, 0.3) is 0 Å². The zero-order valence-electron chi connectivity index (χ0n) is 10.8. The highest BCUT2D eigenvalue weighted by Crippen LogP contribution is 2.27. The van der Waals surface area contributed by atoms with E-state index in [-0.39, 0.29) is 12.5 Å². The van der Waals surface area contributed by atoms with E-state index in [0.29, 0.717) is 6.61 Å². The van der Waals surface area contributed by atoms with Gasteiger partial charge in [0.1, 0.15) is 5.54 Å². The monoisotopic (exact) mass is 242 g/mol. The number of esters is 1. The fraction of sp³-hybridized carbons (Fsp3) is 0.833. The molecule has 1 amide bonds. The van der Waals surface area contributed by atoms with E-state index in [1.54, 1.807) is 20.8 Å². The average molecular weight is 242 g/mol. The third-order valence-electron chi connectivity index (χ3n) is 2.65. The molecule has 0 unspecified atom stereocenters. The number of carbonyl (C=O) groups excluding carboxylic acids is 2. The number of amides is 1. The lowest BCUT2D eigenvalue weighted by Gasteiger charge is -2.23. The van der Waals surface area contributed by atoms with Crippen LogP contribution in [0.4, 0.5) is 0 Å². The van der Waals surface area contributed by atoms with Gasteiger partial charge in [-0.3, -0.25) is 4.79 Å². The summed E-state index contributed by atoms with van der Waals surface area (Å²) in [6.07, 6.45) is 2.51. The molecule has 0 aliphatic heterocycles. The van der Waals surface area contributed by atoms with E-state index in [0.717, 1.165) is 12.5 Å². The van der Waals surface area contributed by atoms with Gasteiger partial charge in [-0.15, -0.1) is 0 Å². The van der Waals surface area contributed by atoms with Gasteiger partial charge in [0.25, 0.3) is 0 Å². The van der Waals surface area contributed by atoms with E-state index in [1.165, 1.54) is 12.8 Å². The molecule has 0 spiro atoms. The Bertz CT molecular complexity index is 285. The van der Waals surface area contributed by atoms with Crippen molar-refractivity contribution < 1.29 is 14.3 Å². The summed E-state index contributed by atoms with van der Waals surface area (Å²) in [6, 6.07) is 0. The second-order valence-electron chi connectivity index (χ2n) is 4.97. The van der Waals surface area contributed by atoms with Crippen LogP contribution >= 0.6 is 0 Å². The van der Waals surface area contributed by atoms with Crippen LogP contribution in [0.1, 0.15) is 33.6 Å². The zero-order valence-corrected chi connectivity index (χ0v) is 10.8. The molecule has 0 atom stereocenters. The highest BCUT2D eigenvalue weighted by Gasteiger charge is 2.30. The summed E-state index contributed by atoms with van der Waals surface area (Å²) in [6.45, 7) is 6.48. The van der Waals surface area contributed by atoms with Gasteiger partial charge in [0.15, 0.2) is 0 Å². The van der Waals surface area contributed by atoms with Crippen LogP contribution in [0.15, 0.2) is 0 Å². The Labute approximate surface area is 102 Å². The third kappa shape index (κ3) is 5.17. The number of rotatable bonds is 7. The predicted octanol–water partition coefficient (Wildman–Crippen LogP) is 0.444. The van der Waals surface area contributed by atoms with Gasteiger partial charge in [0.05, 0.1) is 13.2 Å². The van der Waals surface area contributed by atoms with Gasteiger partial charge in [-0.25, -0.2) is 4.79 Å². The molecule has 1 saturated carbocycles. The van der Waals surface area contributed by atoms with Crippen LogP contribution in [0.3, 0.4) is 0 Å². The third-order valence-corrected chi connectivity index (χ3v) is 2.65. The Hall–Kier alpha value is -1.10. The molecule has 17 heavy (non-hydrogen) atoms. The fourth-order valence-corrected chi connectivity index (χ4v) is 1.47. The summed E-state index contributed by atoms with van der Waals surface area (Å²) >= 11 is 0. The molecule has 1 rings (SSSR count). The number of nitrogens with one attached hydrogen (secondary N) is 2. The minimum Gasteiger partial charge on any atom is -0.464 e. The second kappa shape index (κ2) is 6.00. The van der Waals surface area contributed by atoms with Crippen molar-refractivity contribution in [3.63, 3.8) is 0 Å². The largest absolute Gasteiger partial charge is 0.464 e. The molecule has 0 aromatic carbocycles. The van der Waals surface area contributed by atoms with E-state index < -0.39 is 11.5 Å². The molecular formula is C12H22N2O3. The van der Waals surface area contributed by atoms with Crippen LogP contribution in [-0.2, 0) is 14.3 Å². The summed E-state index contributed by atoms with van der Waals surface area (Å²) in [5.74, 6) is 0.153. The molecule has 5 nitrogen and oxygen atoms in total. The van der Waals surface area contributed by atoms with Gasteiger partial charge in [-0.05, 0) is 46.1 Å². The first-order valence-electron chi connectivity index (χ1n) is 6.14. The maximum absolute atomic E-state index is 11.6. The molecule has 0 radical (unpaired) electrons. The molecule has 98 valence electrons. The average Bonchev–Trinajstić information content (AvgIpc) is 3.01. The minimum atomic E-state index is -0.964. The Balaban J connectivity index is 2.24. The Kier molecular flexibility index (Phi) is 4.93. The van der Waals surface area contributed by atoms with Crippen molar-refractivity contribution >= 4 is 11.9 Å². The van der Waals surface area contributed by atoms with Crippen molar-refractivity contribution in [2.24, 2.45) is 5.92 Å². The SMILES string of the molecule is CCOC(=O)C(C)(C)NC(=O)CNCC1CC1. The Morgan fingerprint density at radius 2 is 2.00 bits per heavy atom. The summed E-state index contributed by atoms with van der Waals surface area (Å²) in [5, 5.41) is 5.74. The Morgan fingerprint density at radius 3 is 2.53 bits per heavy atom. The van der Waals surface area contributed by atoms with Crippen LogP contribution in [0, 0.1) is 5.92 Å². The summed E-state index contributed by atoms with van der Waals surface area (Å²) in [7, 11) is 0. The number of carbonyl (C=O) groups is 2. The van der Waals surface area contributed by atoms with E-state index in [2.05, 4.69) is 10.6 Å². The van der Waals surface area contributed by atoms with Gasteiger partial charge in [-0.1, -0.05) is 0 Å². The van der Waals surface area contributed by atoms with Crippen molar-refractivity contribution in [1.82, 2.24) is 10.6 Å². The van der Waals surface area contributed by atoms with Crippen molar-refractivity contribution in [1.29, 1.82) is 0 Å². The zero-order chi connectivity index (χ0) is 12.9. The van der Waals surface area contributed by atoms with Gasteiger partial charge < -0.3 is 15.4 Å². The molecule has 0 bridgehead atoms. The fourth-order valence-electron chi connectivity index (χ4n) is 1.47. The maximum atomic E-state index is 11.6. The first-order chi connectivity index (χ1) is 7.95. The molecule has 0 aromatic rings. The molecule has 2 N–H and O–H groups in total. The highest BCUT2D eigenvalue weighted by molar-refractivity contribution is 5.88. The normalized spacial score (nSPS) is 15.5. The maximum Gasteiger partial charge on any atom is 0.331 e. The second-order valence-corrected chi connectivity index (χ2v) is 4.97.